The average Bonchev–Trinajstić information content (AvgIpc) is 2.65. The van der Waals surface area contributed by atoms with Crippen molar-refractivity contribution in [3.05, 3.63) is 0 Å². The molecule has 0 atom stereocenters. The van der Waals surface area contributed by atoms with Gasteiger partial charge in [0.05, 0.1) is 0 Å². The summed E-state index contributed by atoms with van der Waals surface area (Å²) in [5, 5.41) is 0. The minimum absolute atomic E-state index is 0.702. The van der Waals surface area contributed by atoms with Crippen LogP contribution in [0.15, 0.2) is 4.52 Å². The van der Waals surface area contributed by atoms with Gasteiger partial charge in [-0.3, -0.25) is 4.57 Å². The van der Waals surface area contributed by atoms with Crippen molar-refractivity contribution < 1.29 is 9.09 Å². The highest BCUT2D eigenvalue weighted by Crippen LogP contribution is 2.68. The van der Waals surface area contributed by atoms with E-state index in [1.807, 2.05) is 9.34 Å². The van der Waals surface area contributed by atoms with Gasteiger partial charge in [0.1, 0.15) is 0 Å². The summed E-state index contributed by atoms with van der Waals surface area (Å²) in [5.41, 5.74) is 0. The standard InChI is InChI=1S/C17H43N5O2P2/c1-10-19(11-2)25(23,20(12-3)13-4)18-26(24-9,21(14-5)15-6)22(16-7)17-8/h10-17H2,1-9H3. The minimum atomic E-state index is -3.11. The van der Waals surface area contributed by atoms with E-state index in [0.717, 1.165) is 26.2 Å². The second kappa shape index (κ2) is 12.7. The van der Waals surface area contributed by atoms with E-state index in [9.17, 15) is 4.57 Å². The van der Waals surface area contributed by atoms with Crippen LogP contribution in [-0.4, -0.2) is 78.1 Å². The SMILES string of the molecule is CCN(CC)P(=O)(N=P(OC)(N(CC)CC)N(CC)CC)N(CC)CC. The van der Waals surface area contributed by atoms with Gasteiger partial charge in [0.15, 0.2) is 0 Å². The molecule has 0 aromatic carbocycles. The molecule has 0 bridgehead atoms. The molecule has 7 nitrogen and oxygen atoms in total. The van der Waals surface area contributed by atoms with Gasteiger partial charge in [-0.15, -0.1) is 0 Å². The fraction of sp³-hybridized carbons (Fsp3) is 1.00. The molecule has 0 rings (SSSR count). The van der Waals surface area contributed by atoms with Crippen LogP contribution < -0.4 is 0 Å². The molecule has 0 aromatic rings. The highest BCUT2D eigenvalue weighted by molar-refractivity contribution is 7.68. The molecule has 0 N–H and O–H groups in total. The molecule has 0 spiro atoms. The van der Waals surface area contributed by atoms with Crippen LogP contribution in [0.1, 0.15) is 55.4 Å². The third-order valence-electron chi connectivity index (χ3n) is 4.87. The Morgan fingerprint density at radius 1 is 0.615 bits per heavy atom. The Labute approximate surface area is 162 Å². The van der Waals surface area contributed by atoms with Crippen LogP contribution >= 0.6 is 15.2 Å². The van der Waals surface area contributed by atoms with Gasteiger partial charge >= 0.3 is 7.59 Å². The molecule has 26 heavy (non-hydrogen) atoms. The van der Waals surface area contributed by atoms with Crippen molar-refractivity contribution in [3.8, 4) is 0 Å². The van der Waals surface area contributed by atoms with E-state index in [0.29, 0.717) is 26.2 Å². The maximum Gasteiger partial charge on any atom is 0.332 e. The molecular weight excluding hydrogens is 368 g/mol. The molecule has 0 aromatic heterocycles. The van der Waals surface area contributed by atoms with Gasteiger partial charge in [-0.1, -0.05) is 55.4 Å². The van der Waals surface area contributed by atoms with Crippen molar-refractivity contribution in [1.29, 1.82) is 0 Å². The van der Waals surface area contributed by atoms with Crippen molar-refractivity contribution in [2.75, 3.05) is 59.5 Å². The smallest absolute Gasteiger partial charge is 0.324 e. The zero-order chi connectivity index (χ0) is 20.4. The normalized spacial score (nSPS) is 13.4. The number of hydrogen-bond acceptors (Lipinski definition) is 2. The Morgan fingerprint density at radius 3 is 1.08 bits per heavy atom. The Balaban J connectivity index is 6.87. The molecule has 0 aliphatic carbocycles. The van der Waals surface area contributed by atoms with Crippen LogP contribution in [0.3, 0.4) is 0 Å². The van der Waals surface area contributed by atoms with E-state index in [4.69, 9.17) is 9.04 Å². The van der Waals surface area contributed by atoms with Gasteiger partial charge < -0.3 is 4.52 Å². The van der Waals surface area contributed by atoms with E-state index in [1.165, 1.54) is 0 Å². The highest BCUT2D eigenvalue weighted by Gasteiger charge is 2.41. The quantitative estimate of drug-likeness (QED) is 0.373. The summed E-state index contributed by atoms with van der Waals surface area (Å²) in [4.78, 5) is 0. The van der Waals surface area contributed by atoms with Crippen LogP contribution in [0.5, 0.6) is 0 Å². The predicted octanol–water partition coefficient (Wildman–Crippen LogP) is 5.05. The lowest BCUT2D eigenvalue weighted by Crippen LogP contribution is -2.35. The Kier molecular flexibility index (Phi) is 12.8. The van der Waals surface area contributed by atoms with Crippen LogP contribution in [-0.2, 0) is 9.09 Å². The highest BCUT2D eigenvalue weighted by atomic mass is 31.2. The van der Waals surface area contributed by atoms with Gasteiger partial charge in [-0.2, -0.15) is 4.52 Å². The summed E-state index contributed by atoms with van der Waals surface area (Å²) in [6.45, 7) is 22.8. The summed E-state index contributed by atoms with van der Waals surface area (Å²) in [5.74, 6) is 0. The van der Waals surface area contributed by atoms with E-state index in [-0.39, 0.29) is 0 Å². The van der Waals surface area contributed by atoms with Crippen molar-refractivity contribution >= 4 is 15.2 Å². The zero-order valence-electron chi connectivity index (χ0n) is 18.6. The topological polar surface area (TPSA) is 51.6 Å². The van der Waals surface area contributed by atoms with Crippen LogP contribution in [0.4, 0.5) is 0 Å². The fourth-order valence-corrected chi connectivity index (χ4v) is 10.8. The third-order valence-corrected chi connectivity index (χ3v) is 12.4. The minimum Gasteiger partial charge on any atom is -0.324 e. The van der Waals surface area contributed by atoms with Gasteiger partial charge in [0.2, 0.25) is 7.58 Å². The number of hydrogen-bond donors (Lipinski definition) is 0. The molecule has 0 amide bonds. The summed E-state index contributed by atoms with van der Waals surface area (Å²) < 4.78 is 34.3. The predicted molar refractivity (Wildman–Crippen MR) is 116 cm³/mol. The molecule has 0 heterocycles. The summed E-state index contributed by atoms with van der Waals surface area (Å²) in [7, 11) is -3.91. The van der Waals surface area contributed by atoms with E-state index in [2.05, 4.69) is 64.7 Å². The van der Waals surface area contributed by atoms with Crippen LogP contribution in [0.2, 0.25) is 0 Å². The number of rotatable bonds is 14. The molecule has 0 radical (unpaired) electrons. The van der Waals surface area contributed by atoms with Crippen molar-refractivity contribution in [3.63, 3.8) is 0 Å². The second-order valence-corrected chi connectivity index (χ2v) is 11.3. The average molecular weight is 412 g/mol. The molecule has 9 heteroatoms. The van der Waals surface area contributed by atoms with E-state index >= 15 is 0 Å². The maximum absolute atomic E-state index is 14.4. The van der Waals surface area contributed by atoms with Crippen LogP contribution in [0, 0.1) is 0 Å². The third kappa shape index (κ3) is 5.41. The van der Waals surface area contributed by atoms with Crippen molar-refractivity contribution in [2.45, 2.75) is 55.4 Å². The number of nitrogens with zero attached hydrogens (tertiary/aromatic N) is 5. The van der Waals surface area contributed by atoms with E-state index in [1.54, 1.807) is 7.11 Å². The molecular formula is C17H43N5O2P2. The molecule has 0 saturated carbocycles. The first-order chi connectivity index (χ1) is 12.3. The lowest BCUT2D eigenvalue weighted by molar-refractivity contribution is 0.298. The van der Waals surface area contributed by atoms with Crippen molar-refractivity contribution in [2.24, 2.45) is 4.52 Å². The zero-order valence-corrected chi connectivity index (χ0v) is 20.4. The first-order valence-electron chi connectivity index (χ1n) is 10.2. The summed E-state index contributed by atoms with van der Waals surface area (Å²) in [6, 6.07) is 0. The Bertz CT molecular complexity index is 442. The molecule has 0 aliphatic rings. The molecule has 0 saturated heterocycles. The Morgan fingerprint density at radius 2 is 0.885 bits per heavy atom. The Hall–Kier alpha value is 0.260. The first kappa shape index (κ1) is 26.3. The maximum atomic E-state index is 14.4. The van der Waals surface area contributed by atoms with E-state index < -0.39 is 15.2 Å². The molecule has 0 fully saturated rings. The van der Waals surface area contributed by atoms with Crippen LogP contribution in [0.25, 0.3) is 0 Å². The van der Waals surface area contributed by atoms with Gasteiger partial charge in [-0.25, -0.2) is 18.7 Å². The second-order valence-electron chi connectivity index (χ2n) is 5.85. The monoisotopic (exact) mass is 411 g/mol. The fourth-order valence-electron chi connectivity index (χ4n) is 3.37. The molecule has 0 unspecified atom stereocenters. The van der Waals surface area contributed by atoms with Gasteiger partial charge in [-0.05, 0) is 0 Å². The molecule has 0 aliphatic heterocycles. The lowest BCUT2D eigenvalue weighted by atomic mass is 10.7. The first-order valence-corrected chi connectivity index (χ1v) is 13.3. The van der Waals surface area contributed by atoms with Gasteiger partial charge in [0, 0.05) is 59.5 Å². The summed E-state index contributed by atoms with van der Waals surface area (Å²) in [6.07, 6.45) is 0. The molecule has 158 valence electrons. The van der Waals surface area contributed by atoms with Crippen molar-refractivity contribution in [1.82, 2.24) is 18.7 Å². The van der Waals surface area contributed by atoms with Gasteiger partial charge in [0.25, 0.3) is 0 Å². The largest absolute Gasteiger partial charge is 0.332 e. The summed E-state index contributed by atoms with van der Waals surface area (Å²) >= 11 is 0. The lowest BCUT2D eigenvalue weighted by Gasteiger charge is -2.43.